The molecule has 1 rings (SSSR count). The summed E-state index contributed by atoms with van der Waals surface area (Å²) in [5.41, 5.74) is 2.04. The monoisotopic (exact) mass is 307 g/mol. The summed E-state index contributed by atoms with van der Waals surface area (Å²) in [7, 11) is 1.71. The van der Waals surface area contributed by atoms with Crippen LogP contribution in [0.4, 0.5) is 0 Å². The van der Waals surface area contributed by atoms with E-state index < -0.39 is 0 Å². The number of halogens is 2. The Labute approximate surface area is 125 Å². The van der Waals surface area contributed by atoms with Gasteiger partial charge in [-0.1, -0.05) is 18.5 Å². The van der Waals surface area contributed by atoms with Gasteiger partial charge in [-0.25, -0.2) is 0 Å². The molecule has 0 bridgehead atoms. The lowest BCUT2D eigenvalue weighted by Crippen LogP contribution is -2.30. The first kappa shape index (κ1) is 16.8. The van der Waals surface area contributed by atoms with Gasteiger partial charge in [-0.05, 0) is 13.3 Å². The average molecular weight is 308 g/mol. The van der Waals surface area contributed by atoms with Crippen molar-refractivity contribution >= 4 is 23.2 Å². The Balaban J connectivity index is 2.84. The van der Waals surface area contributed by atoms with Crippen molar-refractivity contribution in [3.05, 3.63) is 16.4 Å². The predicted molar refractivity (Wildman–Crippen MR) is 80.2 cm³/mol. The first-order chi connectivity index (χ1) is 9.17. The van der Waals surface area contributed by atoms with Crippen LogP contribution in [-0.2, 0) is 24.2 Å². The van der Waals surface area contributed by atoms with Gasteiger partial charge in [-0.3, -0.25) is 9.58 Å². The maximum atomic E-state index is 6.41. The minimum atomic E-state index is 0.599. The summed E-state index contributed by atoms with van der Waals surface area (Å²) in [5.74, 6) is 0.599. The van der Waals surface area contributed by atoms with Gasteiger partial charge >= 0.3 is 0 Å². The highest BCUT2D eigenvalue weighted by Gasteiger charge is 2.17. The minimum absolute atomic E-state index is 0.599. The minimum Gasteiger partial charge on any atom is -0.383 e. The zero-order valence-corrected chi connectivity index (χ0v) is 13.5. The van der Waals surface area contributed by atoms with E-state index in [0.717, 1.165) is 49.0 Å². The third-order valence-electron chi connectivity index (χ3n) is 3.08. The molecule has 0 aliphatic carbocycles. The Hall–Kier alpha value is -0.290. The van der Waals surface area contributed by atoms with Crippen LogP contribution in [0.1, 0.15) is 25.2 Å². The molecule has 1 aromatic rings. The Morgan fingerprint density at radius 3 is 2.58 bits per heavy atom. The fourth-order valence-electron chi connectivity index (χ4n) is 1.99. The van der Waals surface area contributed by atoms with E-state index in [4.69, 9.17) is 27.9 Å². The van der Waals surface area contributed by atoms with E-state index in [1.807, 2.05) is 4.68 Å². The maximum absolute atomic E-state index is 6.41. The Morgan fingerprint density at radius 1 is 1.32 bits per heavy atom. The van der Waals surface area contributed by atoms with E-state index in [-0.39, 0.29) is 0 Å². The summed E-state index contributed by atoms with van der Waals surface area (Å²) in [4.78, 5) is 2.24. The van der Waals surface area contributed by atoms with E-state index in [0.29, 0.717) is 12.5 Å². The van der Waals surface area contributed by atoms with Crippen molar-refractivity contribution < 1.29 is 4.74 Å². The van der Waals surface area contributed by atoms with Gasteiger partial charge < -0.3 is 4.74 Å². The molecule has 0 unspecified atom stereocenters. The molecular formula is C13H23Cl2N3O. The van der Waals surface area contributed by atoms with Crippen LogP contribution in [0.15, 0.2) is 0 Å². The maximum Gasteiger partial charge on any atom is 0.0863 e. The van der Waals surface area contributed by atoms with Crippen LogP contribution in [0.2, 0.25) is 5.02 Å². The van der Waals surface area contributed by atoms with Crippen molar-refractivity contribution in [2.24, 2.45) is 0 Å². The van der Waals surface area contributed by atoms with Gasteiger partial charge in [0.1, 0.15) is 0 Å². The molecule has 0 fully saturated rings. The number of aryl methyl sites for hydroxylation is 2. The molecule has 0 amide bonds. The second-order valence-electron chi connectivity index (χ2n) is 4.33. The standard InChI is InChI=1S/C13H23Cl2N3O/c1-4-11-13(15)12(18(5-2)16-11)10-17(7-6-14)8-9-19-3/h4-10H2,1-3H3. The van der Waals surface area contributed by atoms with Crippen LogP contribution in [0.25, 0.3) is 0 Å². The molecular weight excluding hydrogens is 285 g/mol. The van der Waals surface area contributed by atoms with Crippen molar-refractivity contribution in [3.63, 3.8) is 0 Å². The smallest absolute Gasteiger partial charge is 0.0863 e. The van der Waals surface area contributed by atoms with Crippen molar-refractivity contribution in [1.82, 2.24) is 14.7 Å². The molecule has 1 aromatic heterocycles. The summed E-state index contributed by atoms with van der Waals surface area (Å²) < 4.78 is 7.11. The van der Waals surface area contributed by atoms with Crippen LogP contribution in [0.3, 0.4) is 0 Å². The van der Waals surface area contributed by atoms with E-state index in [1.165, 1.54) is 0 Å². The molecule has 0 saturated carbocycles. The van der Waals surface area contributed by atoms with E-state index in [9.17, 15) is 0 Å². The third-order valence-corrected chi connectivity index (χ3v) is 3.69. The zero-order chi connectivity index (χ0) is 14.3. The van der Waals surface area contributed by atoms with Gasteiger partial charge in [0.15, 0.2) is 0 Å². The number of nitrogens with zero attached hydrogens (tertiary/aromatic N) is 3. The average Bonchev–Trinajstić information content (AvgIpc) is 2.72. The molecule has 4 nitrogen and oxygen atoms in total. The molecule has 0 atom stereocenters. The number of rotatable bonds is 9. The van der Waals surface area contributed by atoms with Crippen molar-refractivity contribution in [3.8, 4) is 0 Å². The molecule has 0 N–H and O–H groups in total. The molecule has 110 valence electrons. The third kappa shape index (κ3) is 4.63. The molecule has 0 aliphatic rings. The van der Waals surface area contributed by atoms with Gasteiger partial charge in [-0.2, -0.15) is 5.10 Å². The highest BCUT2D eigenvalue weighted by molar-refractivity contribution is 6.31. The molecule has 1 heterocycles. The first-order valence-corrected chi connectivity index (χ1v) is 7.60. The number of alkyl halides is 1. The molecule has 0 aliphatic heterocycles. The largest absolute Gasteiger partial charge is 0.383 e. The summed E-state index contributed by atoms with van der Waals surface area (Å²) >= 11 is 12.3. The highest BCUT2D eigenvalue weighted by atomic mass is 35.5. The van der Waals surface area contributed by atoms with Crippen molar-refractivity contribution in [1.29, 1.82) is 0 Å². The fourth-order valence-corrected chi connectivity index (χ4v) is 2.56. The summed E-state index contributed by atoms with van der Waals surface area (Å²) in [6.45, 7) is 8.08. The molecule has 6 heteroatoms. The second-order valence-corrected chi connectivity index (χ2v) is 5.09. The van der Waals surface area contributed by atoms with E-state index in [1.54, 1.807) is 7.11 Å². The Morgan fingerprint density at radius 2 is 2.05 bits per heavy atom. The summed E-state index contributed by atoms with van der Waals surface area (Å²) in [6, 6.07) is 0. The van der Waals surface area contributed by atoms with Gasteiger partial charge in [0, 0.05) is 39.2 Å². The Bertz CT molecular complexity index is 382. The molecule has 0 radical (unpaired) electrons. The van der Waals surface area contributed by atoms with Crippen LogP contribution >= 0.6 is 23.2 Å². The lowest BCUT2D eigenvalue weighted by Gasteiger charge is -2.21. The zero-order valence-electron chi connectivity index (χ0n) is 12.0. The lowest BCUT2D eigenvalue weighted by molar-refractivity contribution is 0.146. The van der Waals surface area contributed by atoms with E-state index in [2.05, 4.69) is 23.8 Å². The molecule has 0 spiro atoms. The van der Waals surface area contributed by atoms with Crippen LogP contribution in [-0.4, -0.2) is 47.4 Å². The fraction of sp³-hybridized carbons (Fsp3) is 0.769. The predicted octanol–water partition coefficient (Wildman–Crippen LogP) is 2.81. The number of ether oxygens (including phenoxy) is 1. The van der Waals surface area contributed by atoms with Crippen molar-refractivity contribution in [2.75, 3.05) is 32.7 Å². The number of hydrogen-bond donors (Lipinski definition) is 0. The van der Waals surface area contributed by atoms with Crippen LogP contribution < -0.4 is 0 Å². The number of hydrogen-bond acceptors (Lipinski definition) is 3. The molecule has 0 aromatic carbocycles. The molecule has 0 saturated heterocycles. The SMILES string of the molecule is CCc1nn(CC)c(CN(CCCl)CCOC)c1Cl. The normalized spacial score (nSPS) is 11.5. The van der Waals surface area contributed by atoms with Gasteiger partial charge in [0.25, 0.3) is 0 Å². The van der Waals surface area contributed by atoms with E-state index >= 15 is 0 Å². The highest BCUT2D eigenvalue weighted by Crippen LogP contribution is 2.23. The number of methoxy groups -OCH3 is 1. The summed E-state index contributed by atoms with van der Waals surface area (Å²) in [6.07, 6.45) is 0.854. The topological polar surface area (TPSA) is 30.3 Å². The lowest BCUT2D eigenvalue weighted by atomic mass is 10.3. The van der Waals surface area contributed by atoms with Gasteiger partial charge in [0.2, 0.25) is 0 Å². The Kier molecular flexibility index (Phi) is 7.76. The quantitative estimate of drug-likeness (QED) is 0.657. The van der Waals surface area contributed by atoms with Gasteiger partial charge in [-0.15, -0.1) is 11.6 Å². The summed E-state index contributed by atoms with van der Waals surface area (Å²) in [5, 5.41) is 5.33. The van der Waals surface area contributed by atoms with Crippen molar-refractivity contribution in [2.45, 2.75) is 33.4 Å². The first-order valence-electron chi connectivity index (χ1n) is 6.69. The molecule has 19 heavy (non-hydrogen) atoms. The number of aromatic nitrogens is 2. The van der Waals surface area contributed by atoms with Gasteiger partial charge in [0.05, 0.1) is 23.0 Å². The van der Waals surface area contributed by atoms with Crippen LogP contribution in [0.5, 0.6) is 0 Å². The van der Waals surface area contributed by atoms with Crippen LogP contribution in [0, 0.1) is 0 Å². The second kappa shape index (κ2) is 8.80.